The first kappa shape index (κ1) is 20.3. The van der Waals surface area contributed by atoms with Gasteiger partial charge >= 0.3 is 6.09 Å². The summed E-state index contributed by atoms with van der Waals surface area (Å²) in [6.45, 7) is 7.27. The molecule has 146 valence electrons. The van der Waals surface area contributed by atoms with Gasteiger partial charge < -0.3 is 21.1 Å². The molecule has 1 saturated heterocycles. The van der Waals surface area contributed by atoms with Crippen molar-refractivity contribution < 1.29 is 17.9 Å². The van der Waals surface area contributed by atoms with E-state index in [9.17, 15) is 13.2 Å². The molecule has 0 unspecified atom stereocenters. The average Bonchev–Trinajstić information content (AvgIpc) is 3.06. The molecule has 1 fully saturated rings. The van der Waals surface area contributed by atoms with Crippen molar-refractivity contribution in [1.29, 1.82) is 0 Å². The average molecular weight is 385 g/mol. The van der Waals surface area contributed by atoms with E-state index >= 15 is 0 Å². The van der Waals surface area contributed by atoms with E-state index in [-0.39, 0.29) is 4.90 Å². The number of ether oxygens (including phenoxy) is 1. The number of benzene rings is 1. The molecule has 1 amide bonds. The molecule has 0 radical (unpaired) electrons. The van der Waals surface area contributed by atoms with Crippen LogP contribution in [0.4, 0.5) is 16.2 Å². The highest BCUT2D eigenvalue weighted by Crippen LogP contribution is 2.26. The zero-order valence-electron chi connectivity index (χ0n) is 15.5. The highest BCUT2D eigenvalue weighted by molar-refractivity contribution is 7.89. The predicted octanol–water partition coefficient (Wildman–Crippen LogP) is 1.99. The summed E-state index contributed by atoms with van der Waals surface area (Å²) in [5.74, 6) is 0. The van der Waals surface area contributed by atoms with Crippen LogP contribution >= 0.6 is 0 Å². The Balaban J connectivity index is 1.89. The van der Waals surface area contributed by atoms with Gasteiger partial charge in [0.05, 0.1) is 16.3 Å². The van der Waals surface area contributed by atoms with E-state index in [0.717, 1.165) is 12.8 Å². The number of carbonyl (C=O) groups excluding carboxylic acids is 1. The fraction of sp³-hybridized carbons (Fsp3) is 0.588. The van der Waals surface area contributed by atoms with E-state index in [1.165, 1.54) is 10.4 Å². The van der Waals surface area contributed by atoms with Crippen LogP contribution in [-0.2, 0) is 14.8 Å². The third-order valence-corrected chi connectivity index (χ3v) is 5.73. The van der Waals surface area contributed by atoms with Gasteiger partial charge in [-0.25, -0.2) is 13.2 Å². The lowest BCUT2D eigenvalue weighted by Gasteiger charge is -2.20. The number of nitrogen functional groups attached to an aromatic ring is 1. The second-order valence-electron chi connectivity index (χ2n) is 7.22. The van der Waals surface area contributed by atoms with Crippen molar-refractivity contribution in [1.82, 2.24) is 9.62 Å². The van der Waals surface area contributed by atoms with Gasteiger partial charge in [0.25, 0.3) is 0 Å². The van der Waals surface area contributed by atoms with Crippen LogP contribution in [0.5, 0.6) is 0 Å². The molecule has 26 heavy (non-hydrogen) atoms. The standard InChI is InChI=1S/C17H28N4O4S/c1-17(2,3)25-16(22)20-9-8-19-15-7-6-13(12-14(15)18)26(23,24)21-10-4-5-11-21/h6-7,12,19H,4-5,8-11,18H2,1-3H3,(H,20,22). The first-order valence-electron chi connectivity index (χ1n) is 8.70. The van der Waals surface area contributed by atoms with Gasteiger partial charge in [-0.05, 0) is 51.8 Å². The van der Waals surface area contributed by atoms with E-state index in [1.807, 2.05) is 0 Å². The molecule has 1 aliphatic rings. The number of anilines is 2. The molecule has 4 N–H and O–H groups in total. The number of nitrogens with two attached hydrogens (primary N) is 1. The van der Waals surface area contributed by atoms with E-state index in [2.05, 4.69) is 10.6 Å². The molecule has 2 rings (SSSR count). The Morgan fingerprint density at radius 1 is 1.23 bits per heavy atom. The normalized spacial score (nSPS) is 15.7. The molecule has 1 aliphatic heterocycles. The minimum atomic E-state index is -3.48. The topological polar surface area (TPSA) is 114 Å². The van der Waals surface area contributed by atoms with Crippen molar-refractivity contribution in [2.45, 2.75) is 44.1 Å². The molecule has 0 aromatic heterocycles. The number of hydrogen-bond acceptors (Lipinski definition) is 6. The molecule has 0 bridgehead atoms. The Morgan fingerprint density at radius 3 is 2.46 bits per heavy atom. The van der Waals surface area contributed by atoms with Crippen molar-refractivity contribution in [2.24, 2.45) is 0 Å². The van der Waals surface area contributed by atoms with Crippen LogP contribution in [-0.4, -0.2) is 50.6 Å². The summed E-state index contributed by atoms with van der Waals surface area (Å²) in [5.41, 5.74) is 6.41. The Bertz CT molecular complexity index is 738. The van der Waals surface area contributed by atoms with Crippen LogP contribution in [0.15, 0.2) is 23.1 Å². The Labute approximate surface area is 155 Å². The quantitative estimate of drug-likeness (QED) is 0.510. The summed E-state index contributed by atoms with van der Waals surface area (Å²) in [4.78, 5) is 11.8. The summed E-state index contributed by atoms with van der Waals surface area (Å²) in [6, 6.07) is 4.66. The number of nitrogens with one attached hydrogen (secondary N) is 2. The van der Waals surface area contributed by atoms with Crippen LogP contribution in [0.2, 0.25) is 0 Å². The van der Waals surface area contributed by atoms with E-state index < -0.39 is 21.7 Å². The number of sulfonamides is 1. The molecule has 0 aliphatic carbocycles. The van der Waals surface area contributed by atoms with E-state index in [0.29, 0.717) is 37.6 Å². The maximum Gasteiger partial charge on any atom is 0.407 e. The molecule has 9 heteroatoms. The van der Waals surface area contributed by atoms with Crippen LogP contribution in [0.25, 0.3) is 0 Å². The SMILES string of the molecule is CC(C)(C)OC(=O)NCCNc1ccc(S(=O)(=O)N2CCCC2)cc1N. The lowest BCUT2D eigenvalue weighted by molar-refractivity contribution is 0.0530. The molecule has 1 aromatic carbocycles. The summed E-state index contributed by atoms with van der Waals surface area (Å²) in [6.07, 6.45) is 1.29. The summed E-state index contributed by atoms with van der Waals surface area (Å²) >= 11 is 0. The molecule has 0 saturated carbocycles. The number of carbonyl (C=O) groups is 1. The number of amides is 1. The molecule has 0 spiro atoms. The monoisotopic (exact) mass is 384 g/mol. The highest BCUT2D eigenvalue weighted by atomic mass is 32.2. The zero-order chi connectivity index (χ0) is 19.4. The van der Waals surface area contributed by atoms with E-state index in [1.54, 1.807) is 32.9 Å². The predicted molar refractivity (Wildman–Crippen MR) is 102 cm³/mol. The Kier molecular flexibility index (Phi) is 6.35. The van der Waals surface area contributed by atoms with Gasteiger partial charge in [0.1, 0.15) is 5.60 Å². The van der Waals surface area contributed by atoms with Gasteiger partial charge in [0.2, 0.25) is 10.0 Å². The van der Waals surface area contributed by atoms with Crippen LogP contribution in [0.1, 0.15) is 33.6 Å². The lowest BCUT2D eigenvalue weighted by atomic mass is 10.2. The third kappa shape index (κ3) is 5.50. The van der Waals surface area contributed by atoms with Gasteiger partial charge in [-0.2, -0.15) is 4.31 Å². The van der Waals surface area contributed by atoms with Crippen LogP contribution in [0.3, 0.4) is 0 Å². The van der Waals surface area contributed by atoms with Gasteiger partial charge in [0.15, 0.2) is 0 Å². The van der Waals surface area contributed by atoms with Crippen molar-refractivity contribution in [2.75, 3.05) is 37.2 Å². The molecular formula is C17H28N4O4S. The van der Waals surface area contributed by atoms with E-state index in [4.69, 9.17) is 10.5 Å². The zero-order valence-corrected chi connectivity index (χ0v) is 16.4. The second kappa shape index (κ2) is 8.13. The van der Waals surface area contributed by atoms with Crippen LogP contribution < -0.4 is 16.4 Å². The largest absolute Gasteiger partial charge is 0.444 e. The first-order valence-corrected chi connectivity index (χ1v) is 10.1. The van der Waals surface area contributed by atoms with Crippen LogP contribution in [0, 0.1) is 0 Å². The van der Waals surface area contributed by atoms with Gasteiger partial charge in [-0.3, -0.25) is 0 Å². The number of nitrogens with zero attached hydrogens (tertiary/aromatic N) is 1. The summed E-state index contributed by atoms with van der Waals surface area (Å²) in [5, 5.41) is 5.71. The molecular weight excluding hydrogens is 356 g/mol. The number of hydrogen-bond donors (Lipinski definition) is 3. The second-order valence-corrected chi connectivity index (χ2v) is 9.15. The maximum atomic E-state index is 12.5. The highest BCUT2D eigenvalue weighted by Gasteiger charge is 2.27. The number of rotatable bonds is 6. The minimum Gasteiger partial charge on any atom is -0.444 e. The van der Waals surface area contributed by atoms with Gasteiger partial charge in [0, 0.05) is 26.2 Å². The van der Waals surface area contributed by atoms with Crippen molar-refractivity contribution >= 4 is 27.5 Å². The first-order chi connectivity index (χ1) is 12.1. The van der Waals surface area contributed by atoms with Crippen molar-refractivity contribution in [3.63, 3.8) is 0 Å². The Morgan fingerprint density at radius 2 is 1.88 bits per heavy atom. The minimum absolute atomic E-state index is 0.203. The molecule has 0 atom stereocenters. The van der Waals surface area contributed by atoms with Gasteiger partial charge in [-0.1, -0.05) is 0 Å². The fourth-order valence-corrected chi connectivity index (χ4v) is 4.17. The maximum absolute atomic E-state index is 12.5. The van der Waals surface area contributed by atoms with Gasteiger partial charge in [-0.15, -0.1) is 0 Å². The third-order valence-electron chi connectivity index (χ3n) is 3.83. The van der Waals surface area contributed by atoms with Crippen molar-refractivity contribution in [3.8, 4) is 0 Å². The molecule has 1 heterocycles. The Hall–Kier alpha value is -2.00. The summed E-state index contributed by atoms with van der Waals surface area (Å²) in [7, 11) is -3.48. The summed E-state index contributed by atoms with van der Waals surface area (Å²) < 4.78 is 31.7. The molecule has 1 aromatic rings. The molecule has 8 nitrogen and oxygen atoms in total. The van der Waals surface area contributed by atoms with Crippen molar-refractivity contribution in [3.05, 3.63) is 18.2 Å². The lowest BCUT2D eigenvalue weighted by Crippen LogP contribution is -2.35. The smallest absolute Gasteiger partial charge is 0.407 e. The fourth-order valence-electron chi connectivity index (χ4n) is 2.62. The number of alkyl carbamates (subject to hydrolysis) is 1.